The van der Waals surface area contributed by atoms with Gasteiger partial charge in [-0.15, -0.1) is 0 Å². The van der Waals surface area contributed by atoms with E-state index in [9.17, 15) is 4.79 Å². The highest BCUT2D eigenvalue weighted by molar-refractivity contribution is 5.88. The third kappa shape index (κ3) is 3.10. The fourth-order valence-electron chi connectivity index (χ4n) is 1.29. The Morgan fingerprint density at radius 3 is 2.88 bits per heavy atom. The van der Waals surface area contributed by atoms with Crippen LogP contribution in [0.15, 0.2) is 24.3 Å². The molecule has 1 rings (SSSR count). The second kappa shape index (κ2) is 5.92. The minimum atomic E-state index is -0.955. The molecule has 0 amide bonds. The van der Waals surface area contributed by atoms with Crippen molar-refractivity contribution in [2.24, 2.45) is 0 Å². The van der Waals surface area contributed by atoms with Crippen molar-refractivity contribution in [1.82, 2.24) is 5.32 Å². The van der Waals surface area contributed by atoms with E-state index in [1.54, 1.807) is 12.1 Å². The molecule has 1 aromatic carbocycles. The first-order valence-electron chi connectivity index (χ1n) is 4.91. The third-order valence-electron chi connectivity index (χ3n) is 2.10. The lowest BCUT2D eigenvalue weighted by Crippen LogP contribution is -2.03. The molecule has 0 bridgehead atoms. The van der Waals surface area contributed by atoms with Gasteiger partial charge in [0.25, 0.3) is 0 Å². The number of hydrogen-bond donors (Lipinski definition) is 2. The summed E-state index contributed by atoms with van der Waals surface area (Å²) in [5, 5.41) is 11.8. The third-order valence-corrected chi connectivity index (χ3v) is 2.10. The van der Waals surface area contributed by atoms with Crippen LogP contribution in [0.3, 0.4) is 0 Å². The van der Waals surface area contributed by atoms with E-state index in [2.05, 4.69) is 5.32 Å². The highest BCUT2D eigenvalue weighted by atomic mass is 16.5. The zero-order valence-corrected chi connectivity index (χ0v) is 9.36. The van der Waals surface area contributed by atoms with Crippen LogP contribution in [0.25, 0.3) is 6.08 Å². The lowest BCUT2D eigenvalue weighted by atomic mass is 10.1. The molecule has 4 heteroatoms. The van der Waals surface area contributed by atoms with Crippen molar-refractivity contribution in [3.8, 4) is 5.75 Å². The molecule has 0 aliphatic heterocycles. The van der Waals surface area contributed by atoms with Gasteiger partial charge in [0.1, 0.15) is 5.75 Å². The standard InChI is InChI=1S/C12H15NO3/c1-13-7-3-4-9-5-6-10(12(14)15)8-11(9)16-2/h3-6,8,13H,7H2,1-2H3,(H,14,15). The molecule has 86 valence electrons. The maximum Gasteiger partial charge on any atom is 0.335 e. The quantitative estimate of drug-likeness (QED) is 0.793. The number of aromatic carboxylic acids is 1. The van der Waals surface area contributed by atoms with E-state index in [1.807, 2.05) is 19.2 Å². The number of carboxylic acids is 1. The van der Waals surface area contributed by atoms with Crippen molar-refractivity contribution in [1.29, 1.82) is 0 Å². The van der Waals surface area contributed by atoms with E-state index < -0.39 is 5.97 Å². The molecular formula is C12H15NO3. The zero-order valence-electron chi connectivity index (χ0n) is 9.36. The van der Waals surface area contributed by atoms with Crippen molar-refractivity contribution < 1.29 is 14.6 Å². The van der Waals surface area contributed by atoms with E-state index in [1.165, 1.54) is 13.2 Å². The Labute approximate surface area is 94.6 Å². The van der Waals surface area contributed by atoms with Crippen LogP contribution in [0.1, 0.15) is 15.9 Å². The molecular weight excluding hydrogens is 206 g/mol. The summed E-state index contributed by atoms with van der Waals surface area (Å²) in [4.78, 5) is 10.8. The van der Waals surface area contributed by atoms with E-state index in [4.69, 9.17) is 9.84 Å². The molecule has 4 nitrogen and oxygen atoms in total. The van der Waals surface area contributed by atoms with Gasteiger partial charge in [0.15, 0.2) is 0 Å². The van der Waals surface area contributed by atoms with Crippen molar-refractivity contribution in [3.63, 3.8) is 0 Å². The molecule has 0 aliphatic rings. The monoisotopic (exact) mass is 221 g/mol. The molecule has 0 radical (unpaired) electrons. The second-order valence-electron chi connectivity index (χ2n) is 3.22. The van der Waals surface area contributed by atoms with Crippen molar-refractivity contribution in [3.05, 3.63) is 35.4 Å². The van der Waals surface area contributed by atoms with Gasteiger partial charge in [-0.3, -0.25) is 0 Å². The van der Waals surface area contributed by atoms with Gasteiger partial charge < -0.3 is 15.2 Å². The molecule has 0 saturated carbocycles. The summed E-state index contributed by atoms with van der Waals surface area (Å²) in [7, 11) is 3.38. The molecule has 0 spiro atoms. The largest absolute Gasteiger partial charge is 0.496 e. The molecule has 1 aromatic rings. The fraction of sp³-hybridized carbons (Fsp3) is 0.250. The lowest BCUT2D eigenvalue weighted by Gasteiger charge is -2.05. The van der Waals surface area contributed by atoms with Gasteiger partial charge in [-0.05, 0) is 19.2 Å². The number of methoxy groups -OCH3 is 1. The second-order valence-corrected chi connectivity index (χ2v) is 3.22. The number of nitrogens with one attached hydrogen (secondary N) is 1. The van der Waals surface area contributed by atoms with Crippen LogP contribution in [0.4, 0.5) is 0 Å². The van der Waals surface area contributed by atoms with Crippen molar-refractivity contribution >= 4 is 12.0 Å². The maximum atomic E-state index is 10.8. The Morgan fingerprint density at radius 1 is 1.56 bits per heavy atom. The predicted octanol–water partition coefficient (Wildman–Crippen LogP) is 1.63. The van der Waals surface area contributed by atoms with Crippen molar-refractivity contribution in [2.45, 2.75) is 0 Å². The molecule has 0 saturated heterocycles. The Kier molecular flexibility index (Phi) is 4.54. The minimum Gasteiger partial charge on any atom is -0.496 e. The number of benzene rings is 1. The van der Waals surface area contributed by atoms with Gasteiger partial charge in [0.2, 0.25) is 0 Å². The summed E-state index contributed by atoms with van der Waals surface area (Å²) in [5.41, 5.74) is 1.09. The van der Waals surface area contributed by atoms with Gasteiger partial charge >= 0.3 is 5.97 Å². The molecule has 0 aromatic heterocycles. The van der Waals surface area contributed by atoms with Gasteiger partial charge in [-0.2, -0.15) is 0 Å². The van der Waals surface area contributed by atoms with Gasteiger partial charge in [-0.25, -0.2) is 4.79 Å². The van der Waals surface area contributed by atoms with Crippen LogP contribution < -0.4 is 10.1 Å². The Balaban J connectivity index is 2.97. The molecule has 0 heterocycles. The van der Waals surface area contributed by atoms with Gasteiger partial charge in [0.05, 0.1) is 12.7 Å². The van der Waals surface area contributed by atoms with E-state index in [0.29, 0.717) is 5.75 Å². The van der Waals surface area contributed by atoms with Crippen LogP contribution >= 0.6 is 0 Å². The molecule has 0 atom stereocenters. The van der Waals surface area contributed by atoms with Crippen LogP contribution in [0.2, 0.25) is 0 Å². The highest BCUT2D eigenvalue weighted by Gasteiger charge is 2.06. The van der Waals surface area contributed by atoms with Gasteiger partial charge in [-0.1, -0.05) is 18.2 Å². The minimum absolute atomic E-state index is 0.225. The topological polar surface area (TPSA) is 58.6 Å². The summed E-state index contributed by atoms with van der Waals surface area (Å²) in [6.07, 6.45) is 3.83. The average molecular weight is 221 g/mol. The number of likely N-dealkylation sites (N-methyl/N-ethyl adjacent to an activating group) is 1. The smallest absolute Gasteiger partial charge is 0.335 e. The molecule has 16 heavy (non-hydrogen) atoms. The highest BCUT2D eigenvalue weighted by Crippen LogP contribution is 2.21. The number of carboxylic acid groups (broad SMARTS) is 1. The van der Waals surface area contributed by atoms with Crippen LogP contribution in [-0.4, -0.2) is 31.8 Å². The number of ether oxygens (including phenoxy) is 1. The summed E-state index contributed by atoms with van der Waals surface area (Å²) in [5.74, 6) is -0.392. The summed E-state index contributed by atoms with van der Waals surface area (Å²) >= 11 is 0. The van der Waals surface area contributed by atoms with E-state index >= 15 is 0 Å². The average Bonchev–Trinajstić information content (AvgIpc) is 2.29. The Morgan fingerprint density at radius 2 is 2.31 bits per heavy atom. The number of carbonyl (C=O) groups is 1. The number of rotatable bonds is 5. The normalized spacial score (nSPS) is 10.6. The van der Waals surface area contributed by atoms with E-state index in [-0.39, 0.29) is 5.56 Å². The first-order chi connectivity index (χ1) is 7.69. The number of hydrogen-bond acceptors (Lipinski definition) is 3. The lowest BCUT2D eigenvalue weighted by molar-refractivity contribution is 0.0696. The van der Waals surface area contributed by atoms with Crippen LogP contribution in [0, 0.1) is 0 Å². The van der Waals surface area contributed by atoms with Crippen LogP contribution in [0.5, 0.6) is 5.75 Å². The summed E-state index contributed by atoms with van der Waals surface area (Å²) < 4.78 is 5.13. The first kappa shape index (κ1) is 12.3. The molecule has 0 fully saturated rings. The Bertz CT molecular complexity index is 399. The molecule has 0 aliphatic carbocycles. The molecule has 2 N–H and O–H groups in total. The zero-order chi connectivity index (χ0) is 12.0. The van der Waals surface area contributed by atoms with E-state index in [0.717, 1.165) is 12.1 Å². The first-order valence-corrected chi connectivity index (χ1v) is 4.91. The SMILES string of the molecule is CNCC=Cc1ccc(C(=O)O)cc1OC. The van der Waals surface area contributed by atoms with Crippen LogP contribution in [-0.2, 0) is 0 Å². The fourth-order valence-corrected chi connectivity index (χ4v) is 1.29. The maximum absolute atomic E-state index is 10.8. The predicted molar refractivity (Wildman–Crippen MR) is 62.9 cm³/mol. The van der Waals surface area contributed by atoms with Crippen molar-refractivity contribution in [2.75, 3.05) is 20.7 Å². The summed E-state index contributed by atoms with van der Waals surface area (Å²) in [6.45, 7) is 0.754. The Hall–Kier alpha value is -1.81. The summed E-state index contributed by atoms with van der Waals surface area (Å²) in [6, 6.07) is 4.81. The van der Waals surface area contributed by atoms with Gasteiger partial charge in [0, 0.05) is 12.1 Å². The molecule has 0 unspecified atom stereocenters.